The van der Waals surface area contributed by atoms with Crippen molar-refractivity contribution in [2.45, 2.75) is 64.1 Å². The van der Waals surface area contributed by atoms with Crippen molar-refractivity contribution in [2.75, 3.05) is 6.61 Å². The van der Waals surface area contributed by atoms with Gasteiger partial charge in [-0.2, -0.15) is 0 Å². The molecule has 1 aliphatic heterocycles. The summed E-state index contributed by atoms with van der Waals surface area (Å²) in [4.78, 5) is 25.6. The van der Waals surface area contributed by atoms with Crippen LogP contribution in [-0.2, 0) is 14.3 Å². The average Bonchev–Trinajstić information content (AvgIpc) is 2.77. The van der Waals surface area contributed by atoms with Crippen LogP contribution in [0.15, 0.2) is 12.7 Å². The Morgan fingerprint density at radius 3 is 2.55 bits per heavy atom. The Kier molecular flexibility index (Phi) is 5.74. The predicted octanol–water partition coefficient (Wildman–Crippen LogP) is 1.65. The molecule has 5 nitrogen and oxygen atoms in total. The summed E-state index contributed by atoms with van der Waals surface area (Å²) in [7, 11) is 0. The molecule has 1 heterocycles. The van der Waals surface area contributed by atoms with Crippen molar-refractivity contribution >= 4 is 11.9 Å². The first-order valence-corrected chi connectivity index (χ1v) is 7.06. The minimum atomic E-state index is -0.580. The molecule has 0 aliphatic carbocycles. The van der Waals surface area contributed by atoms with Gasteiger partial charge in [0.05, 0.1) is 0 Å². The van der Waals surface area contributed by atoms with Crippen molar-refractivity contribution in [3.8, 4) is 0 Å². The number of hydrogen-bond donors (Lipinski definition) is 1. The number of rotatable bonds is 5. The summed E-state index contributed by atoms with van der Waals surface area (Å²) < 4.78 is 5.36. The van der Waals surface area contributed by atoms with Crippen molar-refractivity contribution in [1.29, 1.82) is 0 Å². The number of aliphatic hydroxyl groups excluding tert-OH is 1. The monoisotopic (exact) mass is 283 g/mol. The highest BCUT2D eigenvalue weighted by Crippen LogP contribution is 2.29. The molecule has 20 heavy (non-hydrogen) atoms. The second-order valence-electron chi connectivity index (χ2n) is 6.11. The van der Waals surface area contributed by atoms with Crippen molar-refractivity contribution < 1.29 is 19.4 Å². The van der Waals surface area contributed by atoms with Gasteiger partial charge in [0.25, 0.3) is 0 Å². The molecule has 0 radical (unpaired) electrons. The van der Waals surface area contributed by atoms with Crippen LogP contribution in [0.1, 0.15) is 46.5 Å². The molecular weight excluding hydrogens is 258 g/mol. The fourth-order valence-corrected chi connectivity index (χ4v) is 2.54. The molecule has 0 aromatic carbocycles. The zero-order chi connectivity index (χ0) is 15.3. The van der Waals surface area contributed by atoms with Crippen molar-refractivity contribution in [3.63, 3.8) is 0 Å². The van der Waals surface area contributed by atoms with Gasteiger partial charge in [-0.25, -0.2) is 4.79 Å². The number of amides is 1. The second kappa shape index (κ2) is 6.88. The zero-order valence-electron chi connectivity index (χ0n) is 12.6. The molecule has 114 valence electrons. The first-order valence-electron chi connectivity index (χ1n) is 7.06. The summed E-state index contributed by atoms with van der Waals surface area (Å²) in [6, 6.07) is -0.603. The van der Waals surface area contributed by atoms with Crippen LogP contribution >= 0.6 is 0 Å². The number of hydrogen-bond acceptors (Lipinski definition) is 4. The summed E-state index contributed by atoms with van der Waals surface area (Å²) >= 11 is 0. The Bertz CT molecular complexity index is 373. The number of ether oxygens (including phenoxy) is 1. The third-order valence-electron chi connectivity index (χ3n) is 3.31. The Labute approximate surface area is 120 Å². The Hall–Kier alpha value is -1.36. The fourth-order valence-electron chi connectivity index (χ4n) is 2.54. The summed E-state index contributed by atoms with van der Waals surface area (Å²) in [6.07, 6.45) is 4.67. The van der Waals surface area contributed by atoms with Gasteiger partial charge in [-0.3, -0.25) is 4.79 Å². The van der Waals surface area contributed by atoms with E-state index in [0.717, 1.165) is 19.3 Å². The molecule has 0 unspecified atom stereocenters. The maximum Gasteiger partial charge on any atom is 0.329 e. The van der Waals surface area contributed by atoms with E-state index in [1.807, 2.05) is 0 Å². The zero-order valence-corrected chi connectivity index (χ0v) is 12.6. The molecule has 1 amide bonds. The maximum atomic E-state index is 12.2. The molecule has 0 bridgehead atoms. The SMILES string of the molecule is C=CCC[C@@H]1CC[C@@H](C(=O)OC(C)(C)C)N1C(=O)CO. The molecule has 2 atom stereocenters. The number of likely N-dealkylation sites (tertiary alicyclic amines) is 1. The molecular formula is C15H25NO4. The summed E-state index contributed by atoms with van der Waals surface area (Å²) in [5, 5.41) is 9.11. The third-order valence-corrected chi connectivity index (χ3v) is 3.31. The van der Waals surface area contributed by atoms with Crippen LogP contribution in [0, 0.1) is 0 Å². The number of carbonyl (C=O) groups is 2. The van der Waals surface area contributed by atoms with Crippen LogP contribution in [0.2, 0.25) is 0 Å². The highest BCUT2D eigenvalue weighted by molar-refractivity contribution is 5.86. The van der Waals surface area contributed by atoms with E-state index in [9.17, 15) is 9.59 Å². The summed E-state index contributed by atoms with van der Waals surface area (Å²) in [6.45, 7) is 8.49. The van der Waals surface area contributed by atoms with E-state index in [2.05, 4.69) is 6.58 Å². The molecule has 5 heteroatoms. The van der Waals surface area contributed by atoms with Crippen LogP contribution in [-0.4, -0.2) is 46.2 Å². The topological polar surface area (TPSA) is 66.8 Å². The van der Waals surface area contributed by atoms with Gasteiger partial charge in [-0.15, -0.1) is 6.58 Å². The van der Waals surface area contributed by atoms with E-state index in [1.165, 1.54) is 4.90 Å². The lowest BCUT2D eigenvalue weighted by Crippen LogP contribution is -2.48. The van der Waals surface area contributed by atoms with Gasteiger partial charge in [-0.05, 0) is 46.5 Å². The van der Waals surface area contributed by atoms with Crippen molar-refractivity contribution in [1.82, 2.24) is 4.90 Å². The molecule has 1 saturated heterocycles. The van der Waals surface area contributed by atoms with Gasteiger partial charge in [-0.1, -0.05) is 6.08 Å². The molecule has 1 aliphatic rings. The largest absolute Gasteiger partial charge is 0.458 e. The Balaban J connectivity index is 2.81. The van der Waals surface area contributed by atoms with Crippen LogP contribution < -0.4 is 0 Å². The van der Waals surface area contributed by atoms with E-state index < -0.39 is 24.2 Å². The van der Waals surface area contributed by atoms with Crippen LogP contribution in [0.25, 0.3) is 0 Å². The predicted molar refractivity (Wildman–Crippen MR) is 76.0 cm³/mol. The standard InChI is InChI=1S/C15H25NO4/c1-5-6-7-11-8-9-12(16(11)13(18)10-17)14(19)20-15(2,3)4/h5,11-12,17H,1,6-10H2,2-4H3/t11-,12+/m1/s1. The lowest BCUT2D eigenvalue weighted by Gasteiger charge is -2.30. The van der Waals surface area contributed by atoms with Crippen molar-refractivity contribution in [2.24, 2.45) is 0 Å². The van der Waals surface area contributed by atoms with E-state index in [4.69, 9.17) is 9.84 Å². The van der Waals surface area contributed by atoms with Gasteiger partial charge in [0.15, 0.2) is 0 Å². The van der Waals surface area contributed by atoms with Crippen LogP contribution in [0.4, 0.5) is 0 Å². The minimum Gasteiger partial charge on any atom is -0.458 e. The summed E-state index contributed by atoms with van der Waals surface area (Å²) in [5.74, 6) is -0.798. The average molecular weight is 283 g/mol. The molecule has 1 rings (SSSR count). The normalized spacial score (nSPS) is 22.7. The highest BCUT2D eigenvalue weighted by atomic mass is 16.6. The first-order chi connectivity index (χ1) is 9.30. The molecule has 1 N–H and O–H groups in total. The third kappa shape index (κ3) is 4.34. The van der Waals surface area contributed by atoms with Gasteiger partial charge >= 0.3 is 5.97 Å². The van der Waals surface area contributed by atoms with Gasteiger partial charge in [0.1, 0.15) is 18.2 Å². The number of nitrogens with zero attached hydrogens (tertiary/aromatic N) is 1. The van der Waals surface area contributed by atoms with E-state index >= 15 is 0 Å². The van der Waals surface area contributed by atoms with Crippen LogP contribution in [0.3, 0.4) is 0 Å². The minimum absolute atomic E-state index is 0.0230. The van der Waals surface area contributed by atoms with Crippen molar-refractivity contribution in [3.05, 3.63) is 12.7 Å². The lowest BCUT2D eigenvalue weighted by molar-refractivity contribution is -0.164. The molecule has 0 spiro atoms. The fraction of sp³-hybridized carbons (Fsp3) is 0.733. The number of allylic oxidation sites excluding steroid dienone is 1. The van der Waals surface area contributed by atoms with Crippen LogP contribution in [0.5, 0.6) is 0 Å². The molecule has 0 aromatic rings. The first kappa shape index (κ1) is 16.7. The van der Waals surface area contributed by atoms with Gasteiger partial charge in [0, 0.05) is 6.04 Å². The molecule has 1 fully saturated rings. The molecule has 0 aromatic heterocycles. The quantitative estimate of drug-likeness (QED) is 0.615. The number of aliphatic hydroxyl groups is 1. The van der Waals surface area contributed by atoms with Gasteiger partial charge in [0.2, 0.25) is 5.91 Å². The maximum absolute atomic E-state index is 12.2. The Morgan fingerprint density at radius 1 is 1.40 bits per heavy atom. The highest BCUT2D eigenvalue weighted by Gasteiger charge is 2.41. The van der Waals surface area contributed by atoms with Gasteiger partial charge < -0.3 is 14.7 Å². The lowest BCUT2D eigenvalue weighted by atomic mass is 10.1. The number of carbonyl (C=O) groups excluding carboxylic acids is 2. The molecule has 0 saturated carbocycles. The smallest absolute Gasteiger partial charge is 0.329 e. The van der Waals surface area contributed by atoms with E-state index in [1.54, 1.807) is 26.8 Å². The number of esters is 1. The Morgan fingerprint density at radius 2 is 2.05 bits per heavy atom. The van der Waals surface area contributed by atoms with E-state index in [-0.39, 0.29) is 12.0 Å². The summed E-state index contributed by atoms with van der Waals surface area (Å²) in [5.41, 5.74) is -0.579. The van der Waals surface area contributed by atoms with E-state index in [0.29, 0.717) is 6.42 Å². The second-order valence-corrected chi connectivity index (χ2v) is 6.11.